The van der Waals surface area contributed by atoms with Gasteiger partial charge in [-0.25, -0.2) is 4.98 Å². The largest absolute Gasteiger partial charge is 0.373 e. The maximum Gasteiger partial charge on any atom is 0.191 e. The molecule has 31 heavy (non-hydrogen) atoms. The van der Waals surface area contributed by atoms with Gasteiger partial charge in [0.05, 0.1) is 16.8 Å². The van der Waals surface area contributed by atoms with Crippen LogP contribution < -0.4 is 10.6 Å². The summed E-state index contributed by atoms with van der Waals surface area (Å²) in [6.45, 7) is 11.9. The smallest absolute Gasteiger partial charge is 0.191 e. The van der Waals surface area contributed by atoms with Crippen molar-refractivity contribution in [2.24, 2.45) is 10.9 Å². The number of rotatable bonds is 8. The highest BCUT2D eigenvalue weighted by Gasteiger charge is 2.27. The van der Waals surface area contributed by atoms with Crippen LogP contribution in [-0.4, -0.2) is 37.2 Å². The zero-order chi connectivity index (χ0) is 21.3. The standard InChI is InChI=1S/C24H36N4OS.HI/c1-5-21-18(4)30-22(28-21)13-14-26-24(25-6-2)27-16-20-8-7-15-29-23(20)19-11-9-17(3)10-12-19;/h9-12,20,23H,5-8,13-16H2,1-4H3,(H2,25,26,27);1H. The van der Waals surface area contributed by atoms with Crippen LogP contribution in [-0.2, 0) is 17.6 Å². The predicted molar refractivity (Wildman–Crippen MR) is 142 cm³/mol. The lowest BCUT2D eigenvalue weighted by atomic mass is 9.89. The fourth-order valence-corrected chi connectivity index (χ4v) is 4.94. The van der Waals surface area contributed by atoms with Gasteiger partial charge in [0, 0.05) is 43.5 Å². The number of aryl methyl sites for hydroxylation is 3. The maximum atomic E-state index is 6.15. The molecule has 2 heterocycles. The van der Waals surface area contributed by atoms with E-state index in [1.807, 2.05) is 11.3 Å². The zero-order valence-electron chi connectivity index (χ0n) is 19.2. The van der Waals surface area contributed by atoms with Crippen LogP contribution in [0.15, 0.2) is 29.3 Å². The third kappa shape index (κ3) is 7.71. The van der Waals surface area contributed by atoms with Crippen LogP contribution in [0.2, 0.25) is 0 Å². The minimum absolute atomic E-state index is 0. The number of aliphatic imine (C=N–C) groups is 1. The monoisotopic (exact) mass is 556 g/mol. The van der Waals surface area contributed by atoms with Crippen molar-refractivity contribution in [3.8, 4) is 0 Å². The molecule has 2 aromatic rings. The number of ether oxygens (including phenoxy) is 1. The molecule has 0 spiro atoms. The SMILES string of the molecule is CCNC(=NCC1CCCOC1c1ccc(C)cc1)NCCc1nc(CC)c(C)s1.I. The Morgan fingerprint density at radius 2 is 1.97 bits per heavy atom. The molecule has 1 aromatic heterocycles. The Bertz CT molecular complexity index is 821. The van der Waals surface area contributed by atoms with Crippen molar-refractivity contribution in [3.63, 3.8) is 0 Å². The van der Waals surface area contributed by atoms with Crippen LogP contribution in [0.4, 0.5) is 0 Å². The normalized spacial score (nSPS) is 19.0. The van der Waals surface area contributed by atoms with E-state index in [4.69, 9.17) is 14.7 Å². The van der Waals surface area contributed by atoms with E-state index in [9.17, 15) is 0 Å². The molecule has 1 aliphatic rings. The Labute approximate surface area is 208 Å². The van der Waals surface area contributed by atoms with Crippen LogP contribution in [0, 0.1) is 19.8 Å². The van der Waals surface area contributed by atoms with Crippen molar-refractivity contribution in [1.82, 2.24) is 15.6 Å². The first-order chi connectivity index (χ1) is 14.6. The number of hydrogen-bond acceptors (Lipinski definition) is 4. The molecule has 2 unspecified atom stereocenters. The molecule has 1 saturated heterocycles. The number of halogens is 1. The summed E-state index contributed by atoms with van der Waals surface area (Å²) in [4.78, 5) is 11.0. The van der Waals surface area contributed by atoms with Crippen molar-refractivity contribution in [2.45, 2.75) is 59.5 Å². The van der Waals surface area contributed by atoms with Crippen molar-refractivity contribution in [2.75, 3.05) is 26.2 Å². The first-order valence-corrected chi connectivity index (χ1v) is 12.1. The first kappa shape index (κ1) is 26.1. The summed E-state index contributed by atoms with van der Waals surface area (Å²) in [5.41, 5.74) is 3.78. The van der Waals surface area contributed by atoms with E-state index in [2.05, 4.69) is 62.6 Å². The molecule has 0 aliphatic carbocycles. The summed E-state index contributed by atoms with van der Waals surface area (Å²) in [5.74, 6) is 1.29. The van der Waals surface area contributed by atoms with E-state index in [-0.39, 0.29) is 30.1 Å². The number of nitrogens with one attached hydrogen (secondary N) is 2. The Kier molecular flexibility index (Phi) is 11.2. The van der Waals surface area contributed by atoms with Crippen LogP contribution in [0.5, 0.6) is 0 Å². The summed E-state index contributed by atoms with van der Waals surface area (Å²) in [7, 11) is 0. The summed E-state index contributed by atoms with van der Waals surface area (Å²) in [6.07, 6.45) is 4.33. The van der Waals surface area contributed by atoms with E-state index in [0.29, 0.717) is 5.92 Å². The van der Waals surface area contributed by atoms with Gasteiger partial charge in [-0.05, 0) is 45.6 Å². The highest BCUT2D eigenvalue weighted by atomic mass is 127. The molecule has 1 aliphatic heterocycles. The van der Waals surface area contributed by atoms with Crippen LogP contribution >= 0.6 is 35.3 Å². The van der Waals surface area contributed by atoms with Gasteiger partial charge in [-0.15, -0.1) is 35.3 Å². The topological polar surface area (TPSA) is 58.5 Å². The molecule has 1 fully saturated rings. The summed E-state index contributed by atoms with van der Waals surface area (Å²) in [6, 6.07) is 8.74. The molecule has 5 nitrogen and oxygen atoms in total. The van der Waals surface area contributed by atoms with E-state index in [0.717, 1.165) is 57.9 Å². The van der Waals surface area contributed by atoms with Gasteiger partial charge in [-0.3, -0.25) is 4.99 Å². The highest BCUT2D eigenvalue weighted by molar-refractivity contribution is 14.0. The molecule has 1 aromatic carbocycles. The Hall–Kier alpha value is -1.19. The van der Waals surface area contributed by atoms with Crippen LogP contribution in [0.1, 0.15) is 59.5 Å². The average Bonchev–Trinajstić information content (AvgIpc) is 3.12. The molecule has 0 amide bonds. The summed E-state index contributed by atoms with van der Waals surface area (Å²) in [5, 5.41) is 8.06. The number of aromatic nitrogens is 1. The fourth-order valence-electron chi connectivity index (χ4n) is 3.92. The second-order valence-corrected chi connectivity index (χ2v) is 9.25. The molecule has 2 N–H and O–H groups in total. The second kappa shape index (κ2) is 13.4. The number of hydrogen-bond donors (Lipinski definition) is 2. The lowest BCUT2D eigenvalue weighted by Gasteiger charge is -2.31. The van der Waals surface area contributed by atoms with Gasteiger partial charge in [-0.2, -0.15) is 0 Å². The van der Waals surface area contributed by atoms with Crippen molar-refractivity contribution >= 4 is 41.3 Å². The number of nitrogens with zero attached hydrogens (tertiary/aromatic N) is 2. The average molecular weight is 557 g/mol. The van der Waals surface area contributed by atoms with Gasteiger partial charge in [-0.1, -0.05) is 36.8 Å². The lowest BCUT2D eigenvalue weighted by Crippen LogP contribution is -2.39. The van der Waals surface area contributed by atoms with Crippen LogP contribution in [0.3, 0.4) is 0 Å². The summed E-state index contributed by atoms with van der Waals surface area (Å²) >= 11 is 1.81. The molecule has 172 valence electrons. The quantitative estimate of drug-likeness (QED) is 0.267. The maximum absolute atomic E-state index is 6.15. The predicted octanol–water partition coefficient (Wildman–Crippen LogP) is 5.21. The minimum Gasteiger partial charge on any atom is -0.373 e. The second-order valence-electron chi connectivity index (χ2n) is 7.96. The Morgan fingerprint density at radius 3 is 2.65 bits per heavy atom. The molecule has 0 saturated carbocycles. The van der Waals surface area contributed by atoms with E-state index in [1.165, 1.54) is 26.7 Å². The summed E-state index contributed by atoms with van der Waals surface area (Å²) < 4.78 is 6.15. The molecule has 3 rings (SSSR count). The fraction of sp³-hybridized carbons (Fsp3) is 0.583. The van der Waals surface area contributed by atoms with Crippen molar-refractivity contribution < 1.29 is 4.74 Å². The highest BCUT2D eigenvalue weighted by Crippen LogP contribution is 2.34. The minimum atomic E-state index is 0. The van der Waals surface area contributed by atoms with Gasteiger partial charge < -0.3 is 15.4 Å². The number of benzene rings is 1. The van der Waals surface area contributed by atoms with Crippen molar-refractivity contribution in [1.29, 1.82) is 0 Å². The Morgan fingerprint density at radius 1 is 1.19 bits per heavy atom. The Balaban J connectivity index is 0.00000341. The van der Waals surface area contributed by atoms with Gasteiger partial charge in [0.25, 0.3) is 0 Å². The van der Waals surface area contributed by atoms with E-state index in [1.54, 1.807) is 0 Å². The van der Waals surface area contributed by atoms with Gasteiger partial charge >= 0.3 is 0 Å². The number of thiazole rings is 1. The van der Waals surface area contributed by atoms with Gasteiger partial charge in [0.2, 0.25) is 0 Å². The lowest BCUT2D eigenvalue weighted by molar-refractivity contribution is -0.0250. The zero-order valence-corrected chi connectivity index (χ0v) is 22.4. The van der Waals surface area contributed by atoms with E-state index < -0.39 is 0 Å². The van der Waals surface area contributed by atoms with Crippen molar-refractivity contribution in [3.05, 3.63) is 51.0 Å². The third-order valence-electron chi connectivity index (χ3n) is 5.58. The first-order valence-electron chi connectivity index (χ1n) is 11.3. The van der Waals surface area contributed by atoms with E-state index >= 15 is 0 Å². The van der Waals surface area contributed by atoms with Gasteiger partial charge in [0.15, 0.2) is 5.96 Å². The third-order valence-corrected chi connectivity index (χ3v) is 6.65. The molecule has 7 heteroatoms. The molecule has 0 radical (unpaired) electrons. The number of guanidine groups is 1. The molecular weight excluding hydrogens is 519 g/mol. The molecular formula is C24H37IN4OS. The molecule has 2 atom stereocenters. The van der Waals surface area contributed by atoms with Crippen LogP contribution in [0.25, 0.3) is 0 Å². The van der Waals surface area contributed by atoms with Gasteiger partial charge in [0.1, 0.15) is 0 Å². The molecule has 0 bridgehead atoms.